The second kappa shape index (κ2) is 9.52. The first-order chi connectivity index (χ1) is 13.1. The Morgan fingerprint density at radius 1 is 1.21 bits per heavy atom. The van der Waals surface area contributed by atoms with E-state index in [0.29, 0.717) is 17.9 Å². The van der Waals surface area contributed by atoms with Gasteiger partial charge in [0.15, 0.2) is 5.69 Å². The molecular weight excluding hydrogens is 411 g/mol. The average molecular weight is 437 g/mol. The molecule has 1 aromatic carbocycles. The maximum atomic E-state index is 12.7. The first-order valence-electron chi connectivity index (χ1n) is 9.33. The van der Waals surface area contributed by atoms with E-state index in [-0.39, 0.29) is 36.1 Å². The van der Waals surface area contributed by atoms with Gasteiger partial charge in [0, 0.05) is 18.1 Å². The van der Waals surface area contributed by atoms with Crippen molar-refractivity contribution in [2.75, 3.05) is 19.6 Å². The molecule has 0 bridgehead atoms. The fourth-order valence-electron chi connectivity index (χ4n) is 3.61. The molecule has 156 valence electrons. The number of nitrogens with one attached hydrogen (secondary N) is 2. The number of halogens is 2. The number of piperidine rings is 1. The number of carbonyl (C=O) groups excluding carboxylic acids is 1. The predicted octanol–water partition coefficient (Wildman–Crippen LogP) is 3.09. The molecule has 4 rings (SSSR count). The monoisotopic (exact) mass is 436 g/mol. The molecule has 0 saturated carbocycles. The molecule has 0 spiro atoms. The van der Waals surface area contributed by atoms with Crippen LogP contribution in [0.3, 0.4) is 0 Å². The van der Waals surface area contributed by atoms with Crippen LogP contribution in [0.2, 0.25) is 0 Å². The number of hydrogen-bond acceptors (Lipinski definition) is 5. The van der Waals surface area contributed by atoms with Crippen LogP contribution in [-0.4, -0.2) is 45.5 Å². The van der Waals surface area contributed by atoms with Crippen LogP contribution in [0.4, 0.5) is 0 Å². The second-order valence-electron chi connectivity index (χ2n) is 7.53. The molecule has 9 heteroatoms. The second-order valence-corrected chi connectivity index (χ2v) is 7.53. The van der Waals surface area contributed by atoms with Gasteiger partial charge in [-0.1, -0.05) is 30.3 Å². The minimum Gasteiger partial charge on any atom is -0.350 e. The maximum absolute atomic E-state index is 12.7. The molecule has 1 saturated heterocycles. The number of carbonyl (C=O) groups is 1. The van der Waals surface area contributed by atoms with E-state index in [4.69, 9.17) is 0 Å². The lowest BCUT2D eigenvalue weighted by Gasteiger charge is -2.34. The third-order valence-corrected chi connectivity index (χ3v) is 5.44. The third-order valence-electron chi connectivity index (χ3n) is 5.44. The fourth-order valence-corrected chi connectivity index (χ4v) is 3.61. The van der Waals surface area contributed by atoms with Gasteiger partial charge in [-0.05, 0) is 50.4 Å². The van der Waals surface area contributed by atoms with Crippen LogP contribution >= 0.6 is 24.8 Å². The summed E-state index contributed by atoms with van der Waals surface area (Å²) in [5.41, 5.74) is 2.86. The Balaban J connectivity index is 0.00000150. The van der Waals surface area contributed by atoms with E-state index in [9.17, 15) is 4.79 Å². The molecule has 0 atom stereocenters. The SMILES string of the molecule is Cc1c(C(=O)NCC2(C)CCNCC2)nnn1-c1cccc2cccnc12.Cl.Cl. The number of pyridine rings is 1. The summed E-state index contributed by atoms with van der Waals surface area (Å²) >= 11 is 0. The number of para-hydroxylation sites is 1. The molecular formula is C20H26Cl2N6O. The van der Waals surface area contributed by atoms with Crippen molar-refractivity contribution in [3.8, 4) is 5.69 Å². The van der Waals surface area contributed by atoms with Crippen molar-refractivity contribution in [3.63, 3.8) is 0 Å². The Morgan fingerprint density at radius 3 is 2.69 bits per heavy atom. The van der Waals surface area contributed by atoms with Gasteiger partial charge in [-0.3, -0.25) is 9.78 Å². The lowest BCUT2D eigenvalue weighted by Crippen LogP contribution is -2.43. The van der Waals surface area contributed by atoms with Crippen molar-refractivity contribution < 1.29 is 4.79 Å². The minimum absolute atomic E-state index is 0. The topological polar surface area (TPSA) is 84.7 Å². The van der Waals surface area contributed by atoms with Crippen LogP contribution in [-0.2, 0) is 0 Å². The predicted molar refractivity (Wildman–Crippen MR) is 118 cm³/mol. The average Bonchev–Trinajstić information content (AvgIpc) is 3.07. The lowest BCUT2D eigenvalue weighted by atomic mass is 9.81. The van der Waals surface area contributed by atoms with Crippen molar-refractivity contribution in [1.82, 2.24) is 30.6 Å². The largest absolute Gasteiger partial charge is 0.350 e. The van der Waals surface area contributed by atoms with Crippen molar-refractivity contribution in [3.05, 3.63) is 47.9 Å². The summed E-state index contributed by atoms with van der Waals surface area (Å²) in [6, 6.07) is 9.81. The highest BCUT2D eigenvalue weighted by atomic mass is 35.5. The van der Waals surface area contributed by atoms with Crippen molar-refractivity contribution in [2.45, 2.75) is 26.7 Å². The Kier molecular flexibility index (Phi) is 7.57. The molecule has 0 unspecified atom stereocenters. The summed E-state index contributed by atoms with van der Waals surface area (Å²) in [7, 11) is 0. The number of rotatable bonds is 4. The molecule has 29 heavy (non-hydrogen) atoms. The van der Waals surface area contributed by atoms with Crippen molar-refractivity contribution >= 4 is 41.6 Å². The van der Waals surface area contributed by atoms with Crippen LogP contribution in [0.5, 0.6) is 0 Å². The normalized spacial score (nSPS) is 15.2. The van der Waals surface area contributed by atoms with Gasteiger partial charge in [-0.2, -0.15) is 0 Å². The molecule has 3 aromatic rings. The molecule has 1 aliphatic rings. The van der Waals surface area contributed by atoms with Gasteiger partial charge in [0.05, 0.1) is 16.9 Å². The zero-order valence-corrected chi connectivity index (χ0v) is 18.1. The smallest absolute Gasteiger partial charge is 0.273 e. The van der Waals surface area contributed by atoms with Crippen molar-refractivity contribution in [1.29, 1.82) is 0 Å². The molecule has 1 fully saturated rings. The zero-order chi connectivity index (χ0) is 18.9. The van der Waals surface area contributed by atoms with E-state index < -0.39 is 0 Å². The molecule has 0 radical (unpaired) electrons. The van der Waals surface area contributed by atoms with Gasteiger partial charge in [0.25, 0.3) is 5.91 Å². The van der Waals surface area contributed by atoms with Gasteiger partial charge in [-0.15, -0.1) is 29.9 Å². The highest BCUT2D eigenvalue weighted by Gasteiger charge is 2.28. The molecule has 2 aromatic heterocycles. The molecule has 2 N–H and O–H groups in total. The van der Waals surface area contributed by atoms with Crippen molar-refractivity contribution in [2.24, 2.45) is 5.41 Å². The molecule has 1 aliphatic heterocycles. The summed E-state index contributed by atoms with van der Waals surface area (Å²) < 4.78 is 1.69. The number of benzene rings is 1. The molecule has 7 nitrogen and oxygen atoms in total. The first-order valence-corrected chi connectivity index (χ1v) is 9.33. The van der Waals surface area contributed by atoms with E-state index in [1.807, 2.05) is 37.3 Å². The quantitative estimate of drug-likeness (QED) is 0.656. The number of nitrogens with zero attached hydrogens (tertiary/aromatic N) is 4. The van der Waals surface area contributed by atoms with Gasteiger partial charge >= 0.3 is 0 Å². The Morgan fingerprint density at radius 2 is 1.93 bits per heavy atom. The standard InChI is InChI=1S/C20H24N6O.2ClH/c1-14-17(19(27)23-13-20(2)8-11-21-12-9-20)24-25-26(14)16-7-3-5-15-6-4-10-22-18(15)16;;/h3-7,10,21H,8-9,11-13H2,1-2H3,(H,23,27);2*1H. The Labute approximate surface area is 182 Å². The van der Waals surface area contributed by atoms with Gasteiger partial charge < -0.3 is 10.6 Å². The van der Waals surface area contributed by atoms with E-state index >= 15 is 0 Å². The van der Waals surface area contributed by atoms with Crippen LogP contribution in [0.15, 0.2) is 36.5 Å². The van der Waals surface area contributed by atoms with Gasteiger partial charge in [0.1, 0.15) is 0 Å². The third kappa shape index (κ3) is 4.69. The minimum atomic E-state index is -0.174. The van der Waals surface area contributed by atoms with Crippen LogP contribution in [0, 0.1) is 12.3 Å². The van der Waals surface area contributed by atoms with Gasteiger partial charge in [0.2, 0.25) is 0 Å². The van der Waals surface area contributed by atoms with Crippen LogP contribution < -0.4 is 10.6 Å². The van der Waals surface area contributed by atoms with E-state index in [1.54, 1.807) is 10.9 Å². The van der Waals surface area contributed by atoms with Gasteiger partial charge in [-0.25, -0.2) is 4.68 Å². The number of fused-ring (bicyclic) bond motifs is 1. The summed E-state index contributed by atoms with van der Waals surface area (Å²) in [6.45, 7) is 6.73. The maximum Gasteiger partial charge on any atom is 0.273 e. The summed E-state index contributed by atoms with van der Waals surface area (Å²) in [5.74, 6) is -0.174. The summed E-state index contributed by atoms with van der Waals surface area (Å²) in [5, 5.41) is 15.8. The Hall–Kier alpha value is -2.22. The molecule has 3 heterocycles. The van der Waals surface area contributed by atoms with E-state index in [2.05, 4.69) is 32.9 Å². The first kappa shape index (κ1) is 23.1. The molecule has 0 aliphatic carbocycles. The zero-order valence-electron chi connectivity index (χ0n) is 16.5. The highest BCUT2D eigenvalue weighted by molar-refractivity contribution is 5.93. The van der Waals surface area contributed by atoms with Crippen LogP contribution in [0.25, 0.3) is 16.6 Å². The lowest BCUT2D eigenvalue weighted by molar-refractivity contribution is 0.0916. The van der Waals surface area contributed by atoms with E-state index in [1.165, 1.54) is 0 Å². The summed E-state index contributed by atoms with van der Waals surface area (Å²) in [6.07, 6.45) is 3.87. The van der Waals surface area contributed by atoms with Crippen LogP contribution in [0.1, 0.15) is 35.9 Å². The Bertz CT molecular complexity index is 979. The van der Waals surface area contributed by atoms with E-state index in [0.717, 1.165) is 42.5 Å². The number of aromatic nitrogens is 4. The molecule has 1 amide bonds. The number of hydrogen-bond donors (Lipinski definition) is 2. The number of amides is 1. The fraction of sp³-hybridized carbons (Fsp3) is 0.400. The highest BCUT2D eigenvalue weighted by Crippen LogP contribution is 2.27. The summed E-state index contributed by atoms with van der Waals surface area (Å²) in [4.78, 5) is 17.2.